The first kappa shape index (κ1) is 15.1. The van der Waals surface area contributed by atoms with Gasteiger partial charge in [0.05, 0.1) is 6.61 Å². The summed E-state index contributed by atoms with van der Waals surface area (Å²) in [6, 6.07) is 19.3. The van der Waals surface area contributed by atoms with Crippen molar-refractivity contribution in [2.75, 3.05) is 18.0 Å². The first-order chi connectivity index (χ1) is 10.9. The van der Waals surface area contributed by atoms with Crippen LogP contribution in [0.15, 0.2) is 54.6 Å². The van der Waals surface area contributed by atoms with Crippen molar-refractivity contribution in [2.24, 2.45) is 0 Å². The van der Waals surface area contributed by atoms with Crippen LogP contribution in [0.2, 0.25) is 0 Å². The van der Waals surface area contributed by atoms with E-state index in [1.54, 1.807) is 0 Å². The summed E-state index contributed by atoms with van der Waals surface area (Å²) in [6.45, 7) is 3.16. The predicted molar refractivity (Wildman–Crippen MR) is 90.9 cm³/mol. The van der Waals surface area contributed by atoms with Gasteiger partial charge in [-0.25, -0.2) is 0 Å². The number of aliphatic hydroxyl groups is 1. The molecule has 1 heterocycles. The Morgan fingerprint density at radius 1 is 0.909 bits per heavy atom. The van der Waals surface area contributed by atoms with E-state index in [2.05, 4.69) is 46.6 Å². The van der Waals surface area contributed by atoms with Gasteiger partial charge >= 0.3 is 0 Å². The highest BCUT2D eigenvalue weighted by Gasteiger charge is 2.19. The van der Waals surface area contributed by atoms with E-state index >= 15 is 0 Å². The lowest BCUT2D eigenvalue weighted by molar-refractivity contribution is 0.280. The van der Waals surface area contributed by atoms with Gasteiger partial charge in [0.1, 0.15) is 0 Å². The summed E-state index contributed by atoms with van der Waals surface area (Å²) >= 11 is 0. The molecular formula is C19H24N2O. The van der Waals surface area contributed by atoms with Gasteiger partial charge in [-0.3, -0.25) is 0 Å². The molecule has 22 heavy (non-hydrogen) atoms. The Hall–Kier alpha value is -1.84. The topological polar surface area (TPSA) is 35.5 Å². The van der Waals surface area contributed by atoms with Crippen LogP contribution in [0.1, 0.15) is 24.0 Å². The van der Waals surface area contributed by atoms with E-state index in [1.165, 1.54) is 11.3 Å². The highest BCUT2D eigenvalue weighted by molar-refractivity contribution is 5.46. The molecule has 1 saturated heterocycles. The number of aliphatic hydroxyl groups excluding tert-OH is 1. The van der Waals surface area contributed by atoms with Gasteiger partial charge in [-0.2, -0.15) is 0 Å². The highest BCUT2D eigenvalue weighted by Crippen LogP contribution is 2.20. The molecule has 0 bridgehead atoms. The Labute approximate surface area is 132 Å². The molecule has 1 fully saturated rings. The third kappa shape index (κ3) is 3.67. The quantitative estimate of drug-likeness (QED) is 0.890. The molecule has 2 N–H and O–H groups in total. The lowest BCUT2D eigenvalue weighted by Crippen LogP contribution is -2.42. The molecule has 0 atom stereocenters. The Bertz CT molecular complexity index is 577. The number of nitrogens with one attached hydrogen (secondary N) is 1. The zero-order chi connectivity index (χ0) is 15.2. The lowest BCUT2D eigenvalue weighted by Gasteiger charge is -2.34. The number of rotatable bonds is 5. The lowest BCUT2D eigenvalue weighted by atomic mass is 10.0. The van der Waals surface area contributed by atoms with Crippen molar-refractivity contribution in [2.45, 2.75) is 32.0 Å². The first-order valence-electron chi connectivity index (χ1n) is 8.08. The van der Waals surface area contributed by atoms with E-state index in [-0.39, 0.29) is 6.61 Å². The van der Waals surface area contributed by atoms with Crippen LogP contribution < -0.4 is 10.2 Å². The molecule has 116 valence electrons. The maximum atomic E-state index is 9.38. The van der Waals surface area contributed by atoms with Crippen LogP contribution >= 0.6 is 0 Å². The van der Waals surface area contributed by atoms with Crippen molar-refractivity contribution in [3.05, 3.63) is 65.7 Å². The Morgan fingerprint density at radius 3 is 2.23 bits per heavy atom. The molecule has 1 aliphatic rings. The van der Waals surface area contributed by atoms with Gasteiger partial charge < -0.3 is 15.3 Å². The fourth-order valence-corrected chi connectivity index (χ4v) is 3.12. The predicted octanol–water partition coefficient (Wildman–Crippen LogP) is 2.94. The number of piperidine rings is 1. The normalized spacial score (nSPS) is 16.0. The van der Waals surface area contributed by atoms with Gasteiger partial charge in [-0.1, -0.05) is 42.5 Å². The summed E-state index contributed by atoms with van der Waals surface area (Å²) in [5.41, 5.74) is 3.55. The van der Waals surface area contributed by atoms with E-state index in [4.69, 9.17) is 0 Å². The number of hydrogen-bond acceptors (Lipinski definition) is 3. The Balaban J connectivity index is 1.50. The van der Waals surface area contributed by atoms with Crippen LogP contribution in [-0.4, -0.2) is 24.2 Å². The summed E-state index contributed by atoms with van der Waals surface area (Å²) in [6.07, 6.45) is 2.33. The average Bonchev–Trinajstić information content (AvgIpc) is 2.61. The zero-order valence-electron chi connectivity index (χ0n) is 12.9. The molecule has 0 aliphatic carbocycles. The molecule has 1 aliphatic heterocycles. The second-order valence-electron chi connectivity index (χ2n) is 5.90. The molecule has 0 aromatic heterocycles. The van der Waals surface area contributed by atoms with E-state index in [1.807, 2.05) is 18.2 Å². The second-order valence-corrected chi connectivity index (χ2v) is 5.90. The van der Waals surface area contributed by atoms with E-state index in [0.717, 1.165) is 38.0 Å². The molecule has 3 nitrogen and oxygen atoms in total. The maximum absolute atomic E-state index is 9.38. The molecule has 0 unspecified atom stereocenters. The summed E-state index contributed by atoms with van der Waals surface area (Å²) in [5.74, 6) is 0. The molecule has 3 heteroatoms. The number of anilines is 1. The SMILES string of the molecule is OCc1ccccc1CNC1CCN(c2ccccc2)CC1. The van der Waals surface area contributed by atoms with Crippen molar-refractivity contribution in [3.63, 3.8) is 0 Å². The molecule has 0 radical (unpaired) electrons. The molecule has 0 saturated carbocycles. The molecule has 2 aromatic rings. The third-order valence-electron chi connectivity index (χ3n) is 4.49. The van der Waals surface area contributed by atoms with Gasteiger partial charge in [0.15, 0.2) is 0 Å². The van der Waals surface area contributed by atoms with Crippen LogP contribution in [0, 0.1) is 0 Å². The minimum atomic E-state index is 0.115. The van der Waals surface area contributed by atoms with Crippen LogP contribution in [0.25, 0.3) is 0 Å². The van der Waals surface area contributed by atoms with E-state index < -0.39 is 0 Å². The van der Waals surface area contributed by atoms with Crippen molar-refractivity contribution >= 4 is 5.69 Å². The van der Waals surface area contributed by atoms with Crippen LogP contribution in [0.4, 0.5) is 5.69 Å². The average molecular weight is 296 g/mol. The van der Waals surface area contributed by atoms with Gasteiger partial charge in [0.2, 0.25) is 0 Å². The minimum absolute atomic E-state index is 0.115. The number of nitrogens with zero attached hydrogens (tertiary/aromatic N) is 1. The summed E-state index contributed by atoms with van der Waals surface area (Å²) in [7, 11) is 0. The van der Waals surface area contributed by atoms with Crippen LogP contribution in [-0.2, 0) is 13.2 Å². The van der Waals surface area contributed by atoms with Crippen molar-refractivity contribution in [1.82, 2.24) is 5.32 Å². The number of hydrogen-bond donors (Lipinski definition) is 2. The van der Waals surface area contributed by atoms with E-state index in [9.17, 15) is 5.11 Å². The van der Waals surface area contributed by atoms with Crippen LogP contribution in [0.3, 0.4) is 0 Å². The Morgan fingerprint density at radius 2 is 1.55 bits per heavy atom. The fraction of sp³-hybridized carbons (Fsp3) is 0.368. The Kier molecular flexibility index (Phi) is 5.09. The van der Waals surface area contributed by atoms with Gasteiger partial charge in [-0.05, 0) is 36.1 Å². The standard InChI is InChI=1S/C19H24N2O/c22-15-17-7-5-4-6-16(17)14-20-18-10-12-21(13-11-18)19-8-2-1-3-9-19/h1-9,18,20,22H,10-15H2. The molecule has 3 rings (SSSR count). The monoisotopic (exact) mass is 296 g/mol. The largest absolute Gasteiger partial charge is 0.392 e. The van der Waals surface area contributed by atoms with Gasteiger partial charge in [0.25, 0.3) is 0 Å². The molecular weight excluding hydrogens is 272 g/mol. The number of benzene rings is 2. The molecule has 0 spiro atoms. The van der Waals surface area contributed by atoms with Crippen molar-refractivity contribution in [1.29, 1.82) is 0 Å². The summed E-state index contributed by atoms with van der Waals surface area (Å²) < 4.78 is 0. The number of para-hydroxylation sites is 1. The van der Waals surface area contributed by atoms with Gasteiger partial charge in [0, 0.05) is 31.4 Å². The maximum Gasteiger partial charge on any atom is 0.0685 e. The molecule has 0 amide bonds. The van der Waals surface area contributed by atoms with Gasteiger partial charge in [-0.15, -0.1) is 0 Å². The summed E-state index contributed by atoms with van der Waals surface area (Å²) in [4.78, 5) is 2.46. The molecule has 2 aromatic carbocycles. The summed E-state index contributed by atoms with van der Waals surface area (Å²) in [5, 5.41) is 13.0. The van der Waals surface area contributed by atoms with Crippen molar-refractivity contribution in [3.8, 4) is 0 Å². The fourth-order valence-electron chi connectivity index (χ4n) is 3.12. The highest BCUT2D eigenvalue weighted by atomic mass is 16.3. The van der Waals surface area contributed by atoms with E-state index in [0.29, 0.717) is 6.04 Å². The smallest absolute Gasteiger partial charge is 0.0685 e. The second kappa shape index (κ2) is 7.43. The third-order valence-corrected chi connectivity index (χ3v) is 4.49. The van der Waals surface area contributed by atoms with Crippen LogP contribution in [0.5, 0.6) is 0 Å². The minimum Gasteiger partial charge on any atom is -0.392 e. The zero-order valence-corrected chi connectivity index (χ0v) is 12.9. The first-order valence-corrected chi connectivity index (χ1v) is 8.08. The van der Waals surface area contributed by atoms with Crippen molar-refractivity contribution < 1.29 is 5.11 Å².